The first-order chi connectivity index (χ1) is 12.0. The highest BCUT2D eigenvalue weighted by Gasteiger charge is 2.11. The summed E-state index contributed by atoms with van der Waals surface area (Å²) >= 11 is 5.97. The third-order valence-electron chi connectivity index (χ3n) is 3.40. The minimum absolute atomic E-state index is 0.328. The number of amides is 1. The van der Waals surface area contributed by atoms with E-state index >= 15 is 0 Å². The molecule has 2 rings (SSSR count). The Labute approximate surface area is 150 Å². The van der Waals surface area contributed by atoms with E-state index in [9.17, 15) is 14.0 Å². The molecule has 0 spiro atoms. The lowest BCUT2D eigenvalue weighted by atomic mass is 10.1. The third-order valence-corrected chi connectivity index (χ3v) is 3.74. The molecule has 2 aromatic rings. The minimum Gasteiger partial charge on any atom is -0.452 e. The van der Waals surface area contributed by atoms with Crippen molar-refractivity contribution >= 4 is 29.6 Å². The summed E-state index contributed by atoms with van der Waals surface area (Å²) in [4.78, 5) is 23.5. The van der Waals surface area contributed by atoms with E-state index in [1.165, 1.54) is 24.3 Å². The maximum atomic E-state index is 12.9. The van der Waals surface area contributed by atoms with Crippen molar-refractivity contribution in [3.05, 3.63) is 76.6 Å². The summed E-state index contributed by atoms with van der Waals surface area (Å²) in [5.74, 6) is -1.44. The van der Waals surface area contributed by atoms with Crippen LogP contribution in [0.25, 0.3) is 6.08 Å². The molecule has 1 N–H and O–H groups in total. The quantitative estimate of drug-likeness (QED) is 0.627. The normalized spacial score (nSPS) is 12.0. The van der Waals surface area contributed by atoms with Gasteiger partial charge in [0.1, 0.15) is 5.82 Å². The Morgan fingerprint density at radius 2 is 1.88 bits per heavy atom. The number of benzene rings is 2. The molecule has 6 heteroatoms. The van der Waals surface area contributed by atoms with E-state index in [1.807, 2.05) is 0 Å². The van der Waals surface area contributed by atoms with Crippen molar-refractivity contribution in [2.75, 3.05) is 6.61 Å². The number of carbonyl (C=O) groups is 2. The van der Waals surface area contributed by atoms with Crippen LogP contribution in [-0.2, 0) is 14.3 Å². The molecule has 0 saturated heterocycles. The van der Waals surface area contributed by atoms with Gasteiger partial charge >= 0.3 is 5.97 Å². The van der Waals surface area contributed by atoms with Gasteiger partial charge in [0.05, 0.1) is 6.04 Å². The highest BCUT2D eigenvalue weighted by molar-refractivity contribution is 6.32. The van der Waals surface area contributed by atoms with E-state index in [0.717, 1.165) is 5.56 Å². The van der Waals surface area contributed by atoms with Gasteiger partial charge in [-0.15, -0.1) is 0 Å². The molecule has 25 heavy (non-hydrogen) atoms. The summed E-state index contributed by atoms with van der Waals surface area (Å²) in [6.07, 6.45) is 2.72. The molecule has 0 aliphatic rings. The van der Waals surface area contributed by atoms with Crippen LogP contribution < -0.4 is 5.32 Å². The Bertz CT molecular complexity index is 774. The van der Waals surface area contributed by atoms with Crippen molar-refractivity contribution in [1.82, 2.24) is 5.32 Å². The monoisotopic (exact) mass is 361 g/mol. The number of esters is 1. The molecule has 130 valence electrons. The molecule has 1 amide bonds. The predicted molar refractivity (Wildman–Crippen MR) is 94.4 cm³/mol. The van der Waals surface area contributed by atoms with Crippen LogP contribution >= 0.6 is 11.6 Å². The van der Waals surface area contributed by atoms with Crippen LogP contribution in [0.5, 0.6) is 0 Å². The van der Waals surface area contributed by atoms with Crippen molar-refractivity contribution in [1.29, 1.82) is 0 Å². The lowest BCUT2D eigenvalue weighted by Gasteiger charge is -2.14. The predicted octanol–water partition coefficient (Wildman–Crippen LogP) is 3.91. The highest BCUT2D eigenvalue weighted by Crippen LogP contribution is 2.16. The first-order valence-corrected chi connectivity index (χ1v) is 7.97. The summed E-state index contributed by atoms with van der Waals surface area (Å²) in [6.45, 7) is 1.35. The maximum absolute atomic E-state index is 12.9. The summed E-state index contributed by atoms with van der Waals surface area (Å²) in [6, 6.07) is 12.5. The second-order valence-electron chi connectivity index (χ2n) is 5.30. The maximum Gasteiger partial charge on any atom is 0.331 e. The number of ether oxygens (including phenoxy) is 1. The summed E-state index contributed by atoms with van der Waals surface area (Å²) in [5.41, 5.74) is 1.43. The fraction of sp³-hybridized carbons (Fsp3) is 0.158. The van der Waals surface area contributed by atoms with Gasteiger partial charge in [-0.05, 0) is 42.3 Å². The van der Waals surface area contributed by atoms with Crippen LogP contribution in [0.15, 0.2) is 54.6 Å². The minimum atomic E-state index is -0.649. The van der Waals surface area contributed by atoms with Gasteiger partial charge in [0.15, 0.2) is 6.61 Å². The summed E-state index contributed by atoms with van der Waals surface area (Å²) in [7, 11) is 0. The lowest BCUT2D eigenvalue weighted by Crippen LogP contribution is -2.30. The highest BCUT2D eigenvalue weighted by atomic mass is 35.5. The average Bonchev–Trinajstić information content (AvgIpc) is 2.59. The molecule has 0 bridgehead atoms. The second kappa shape index (κ2) is 8.99. The van der Waals surface area contributed by atoms with E-state index in [-0.39, 0.29) is 11.9 Å². The first kappa shape index (κ1) is 18.7. The van der Waals surface area contributed by atoms with E-state index in [1.54, 1.807) is 43.3 Å². The number of nitrogens with one attached hydrogen (secondary N) is 1. The Hall–Kier alpha value is -2.66. The molecule has 0 heterocycles. The molecule has 0 saturated carbocycles. The van der Waals surface area contributed by atoms with E-state index in [4.69, 9.17) is 16.3 Å². The fourth-order valence-electron chi connectivity index (χ4n) is 2.07. The van der Waals surface area contributed by atoms with Gasteiger partial charge in [0.25, 0.3) is 5.91 Å². The van der Waals surface area contributed by atoms with Crippen LogP contribution in [0.4, 0.5) is 4.39 Å². The Morgan fingerprint density at radius 3 is 2.56 bits per heavy atom. The zero-order valence-electron chi connectivity index (χ0n) is 13.5. The van der Waals surface area contributed by atoms with Gasteiger partial charge in [-0.2, -0.15) is 0 Å². The molecule has 0 aliphatic heterocycles. The molecule has 1 atom stereocenters. The van der Waals surface area contributed by atoms with Crippen LogP contribution in [-0.4, -0.2) is 18.5 Å². The first-order valence-electron chi connectivity index (χ1n) is 7.60. The molecule has 0 aliphatic carbocycles. The number of halogens is 2. The largest absolute Gasteiger partial charge is 0.452 e. The van der Waals surface area contributed by atoms with E-state index in [2.05, 4.69) is 5.32 Å². The third kappa shape index (κ3) is 6.04. The summed E-state index contributed by atoms with van der Waals surface area (Å²) < 4.78 is 17.8. The van der Waals surface area contributed by atoms with Gasteiger partial charge in [-0.25, -0.2) is 9.18 Å². The SMILES string of the molecule is C[C@@H](NC(=O)COC(=O)/C=C/c1ccccc1Cl)c1ccc(F)cc1. The zero-order chi connectivity index (χ0) is 18.2. The van der Waals surface area contributed by atoms with Gasteiger partial charge in [-0.1, -0.05) is 41.9 Å². The van der Waals surface area contributed by atoms with Crippen molar-refractivity contribution < 1.29 is 18.7 Å². The van der Waals surface area contributed by atoms with Gasteiger partial charge in [0, 0.05) is 11.1 Å². The zero-order valence-corrected chi connectivity index (χ0v) is 14.3. The second-order valence-corrected chi connectivity index (χ2v) is 5.71. The Kier molecular flexibility index (Phi) is 6.71. The van der Waals surface area contributed by atoms with E-state index < -0.39 is 18.5 Å². The van der Waals surface area contributed by atoms with Crippen LogP contribution in [0.1, 0.15) is 24.1 Å². The molecular formula is C19H17ClFNO3. The number of rotatable bonds is 6. The topological polar surface area (TPSA) is 55.4 Å². The van der Waals surface area contributed by atoms with Crippen LogP contribution in [0.3, 0.4) is 0 Å². The molecule has 4 nitrogen and oxygen atoms in total. The van der Waals surface area contributed by atoms with Crippen molar-refractivity contribution in [2.45, 2.75) is 13.0 Å². The van der Waals surface area contributed by atoms with Gasteiger partial charge < -0.3 is 10.1 Å². The van der Waals surface area contributed by atoms with Crippen molar-refractivity contribution in [3.63, 3.8) is 0 Å². The Balaban J connectivity index is 1.80. The molecular weight excluding hydrogens is 345 g/mol. The average molecular weight is 362 g/mol. The van der Waals surface area contributed by atoms with E-state index in [0.29, 0.717) is 10.6 Å². The molecule has 0 fully saturated rings. The van der Waals surface area contributed by atoms with Crippen LogP contribution in [0, 0.1) is 5.82 Å². The smallest absolute Gasteiger partial charge is 0.331 e. The molecule has 2 aromatic carbocycles. The number of carbonyl (C=O) groups excluding carboxylic acids is 2. The number of hydrogen-bond donors (Lipinski definition) is 1. The molecule has 0 radical (unpaired) electrons. The molecule has 0 aromatic heterocycles. The van der Waals surface area contributed by atoms with Crippen LogP contribution in [0.2, 0.25) is 5.02 Å². The van der Waals surface area contributed by atoms with Crippen molar-refractivity contribution in [3.8, 4) is 0 Å². The Morgan fingerprint density at radius 1 is 1.20 bits per heavy atom. The van der Waals surface area contributed by atoms with Crippen molar-refractivity contribution in [2.24, 2.45) is 0 Å². The molecule has 0 unspecified atom stereocenters. The fourth-order valence-corrected chi connectivity index (χ4v) is 2.27. The van der Waals surface area contributed by atoms with Gasteiger partial charge in [0.2, 0.25) is 0 Å². The lowest BCUT2D eigenvalue weighted by molar-refractivity contribution is -0.144. The van der Waals surface area contributed by atoms with Gasteiger partial charge in [-0.3, -0.25) is 4.79 Å². The summed E-state index contributed by atoms with van der Waals surface area (Å²) in [5, 5.41) is 3.18. The standard InChI is InChI=1S/C19H17ClFNO3/c1-13(14-6-9-16(21)10-7-14)22-18(23)12-25-19(24)11-8-15-4-2-3-5-17(15)20/h2-11,13H,12H2,1H3,(H,22,23)/b11-8+/t13-/m1/s1. The number of hydrogen-bond acceptors (Lipinski definition) is 3.